The van der Waals surface area contributed by atoms with Crippen LogP contribution >= 0.6 is 23.2 Å². The highest BCUT2D eigenvalue weighted by Crippen LogP contribution is 2.53. The first-order valence-corrected chi connectivity index (χ1v) is 45.4. The maximum absolute atomic E-state index is 14.1. The van der Waals surface area contributed by atoms with E-state index in [0.29, 0.717) is 73.9 Å². The van der Waals surface area contributed by atoms with Crippen LogP contribution in [0.3, 0.4) is 0 Å². The summed E-state index contributed by atoms with van der Waals surface area (Å²) in [7, 11) is -3.27. The minimum absolute atomic E-state index is 0.0000689. The van der Waals surface area contributed by atoms with E-state index in [-0.39, 0.29) is 63.5 Å². The van der Waals surface area contributed by atoms with Crippen LogP contribution in [0.25, 0.3) is 0 Å². The molecule has 12 aliphatic rings. The summed E-state index contributed by atoms with van der Waals surface area (Å²) in [5, 5.41) is 0.329. The standard InChI is InChI=1S/C44H60ClN5O5S.C43H58ClN5O6S/c1-30-8-6-17-44(54-4,28-47-18-19-48-20-21-49(32(3)51)26-37(48)25-47)39-13-10-35(39)24-50-27-43(16-7-9-33-22-36(45)12-14-38(33)43)29-55-41-15-11-34(23-40(41)50)42(52)46-56(5,53)31(30)2;1-29-7-5-16-43(54-4,27-46-17-18-47-19-20-48(31(3)50)25-36(47)24-46)38-12-9-34(38)23-49-26-42(15-6-8-32-21-35(44)11-13-37(32)42)28-55-40-14-10-33(22-39(40)49)41(51)45-56(52,53)30(29)2/h6,11-12,14-15,17,22-23,30-31,35,37,39H,5,7-10,13,16,18-21,24-29H2,1-4H3,(H,46,52,53);5,10-11,13-14,16,21-22,29-30,34,36,38H,6-9,12,15,17-20,23-28H2,1-4H3,(H,45,51)/b17-6+;16-5+/t30-,31+,35-,37+,39+,43-,44+,56?;29-,30+,34-,36-,38+,42-,43+/m00/s1. The van der Waals surface area contributed by atoms with Crippen LogP contribution in [0.5, 0.6) is 11.5 Å². The van der Waals surface area contributed by atoms with E-state index in [9.17, 15) is 31.8 Å². The summed E-state index contributed by atoms with van der Waals surface area (Å²) >= 11 is 13.1. The third-order valence-corrected chi connectivity index (χ3v) is 33.3. The van der Waals surface area contributed by atoms with Crippen LogP contribution in [0.4, 0.5) is 11.4 Å². The molecule has 4 saturated heterocycles. The van der Waals surface area contributed by atoms with Gasteiger partial charge in [0, 0.05) is 195 Å². The van der Waals surface area contributed by atoms with Gasteiger partial charge in [-0.15, -0.1) is 0 Å². The van der Waals surface area contributed by atoms with Gasteiger partial charge in [-0.1, -0.05) is 73.5 Å². The topological polar surface area (TPSA) is 206 Å². The van der Waals surface area contributed by atoms with Gasteiger partial charge < -0.3 is 38.5 Å². The van der Waals surface area contributed by atoms with E-state index in [1.807, 2.05) is 74.3 Å². The number of aryl methyl sites for hydroxylation is 2. The lowest BCUT2D eigenvalue weighted by molar-refractivity contribution is -0.134. The van der Waals surface area contributed by atoms with Crippen LogP contribution in [0, 0.1) is 35.5 Å². The van der Waals surface area contributed by atoms with Gasteiger partial charge in [-0.2, -0.15) is 0 Å². The van der Waals surface area contributed by atoms with Crippen molar-refractivity contribution in [3.05, 3.63) is 141 Å². The zero-order chi connectivity index (χ0) is 78.8. The van der Waals surface area contributed by atoms with Crippen molar-refractivity contribution in [2.45, 2.75) is 163 Å². The number of sulfonamides is 1. The Hall–Kier alpha value is -6.25. The Kier molecular flexibility index (Phi) is 23.6. The average Bonchev–Trinajstić information content (AvgIpc) is 1.32. The van der Waals surface area contributed by atoms with Gasteiger partial charge in [0.1, 0.15) is 22.7 Å². The summed E-state index contributed by atoms with van der Waals surface area (Å²) in [5.41, 5.74) is 5.88. The van der Waals surface area contributed by atoms with Gasteiger partial charge >= 0.3 is 0 Å². The summed E-state index contributed by atoms with van der Waals surface area (Å²) < 4.78 is 73.7. The Bertz CT molecular complexity index is 4230. The zero-order valence-corrected chi connectivity index (χ0v) is 70.1. The second-order valence-corrected chi connectivity index (χ2v) is 40.6. The predicted octanol–water partition coefficient (Wildman–Crippen LogP) is 10.5. The number of piperazine rings is 4. The normalized spacial score (nSPS) is 35.0. The molecule has 4 aliphatic carbocycles. The van der Waals surface area contributed by atoms with Crippen LogP contribution in [-0.2, 0) is 62.5 Å². The van der Waals surface area contributed by atoms with Crippen LogP contribution in [0.15, 0.2) is 97.1 Å². The summed E-state index contributed by atoms with van der Waals surface area (Å²) in [6, 6.07) is 24.2. The highest BCUT2D eigenvalue weighted by Gasteiger charge is 2.54. The van der Waals surface area contributed by atoms with Gasteiger partial charge in [0.2, 0.25) is 21.8 Å². The number of halogens is 2. The molecule has 25 heteroatoms. The molecule has 112 heavy (non-hydrogen) atoms. The Labute approximate surface area is 674 Å². The number of hydrogen-bond acceptors (Lipinski definition) is 17. The second-order valence-electron chi connectivity index (χ2n) is 35.3. The van der Waals surface area contributed by atoms with E-state index >= 15 is 0 Å². The number of amides is 4. The summed E-state index contributed by atoms with van der Waals surface area (Å²) in [6.07, 6.45) is 20.3. The van der Waals surface area contributed by atoms with E-state index in [2.05, 4.69) is 100 Å². The number of carbonyl (C=O) groups is 4. The van der Waals surface area contributed by atoms with E-state index in [4.69, 9.17) is 42.1 Å². The second kappa shape index (κ2) is 32.7. The molecule has 0 radical (unpaired) electrons. The molecule has 608 valence electrons. The predicted molar refractivity (Wildman–Crippen MR) is 444 cm³/mol. The van der Waals surface area contributed by atoms with Gasteiger partial charge in [-0.05, 0) is 215 Å². The molecular weight excluding hydrogens is 1500 g/mol. The van der Waals surface area contributed by atoms with Crippen molar-refractivity contribution in [1.82, 2.24) is 38.8 Å². The van der Waals surface area contributed by atoms with Crippen molar-refractivity contribution < 1.29 is 50.8 Å². The molecule has 8 heterocycles. The number of carbonyl (C=O) groups excluding carboxylic acids is 4. The number of nitrogens with zero attached hydrogens (tertiary/aromatic N) is 8. The Morgan fingerprint density at radius 2 is 0.991 bits per heavy atom. The fourth-order valence-corrected chi connectivity index (χ4v) is 24.5. The number of benzene rings is 4. The highest BCUT2D eigenvalue weighted by atomic mass is 35.5. The third-order valence-electron chi connectivity index (χ3n) is 28.8. The number of rotatable bonds is 6. The number of anilines is 2. The largest absolute Gasteiger partial charge is 0.490 e. The van der Waals surface area contributed by atoms with Crippen LogP contribution in [0.2, 0.25) is 10.0 Å². The van der Waals surface area contributed by atoms with Crippen LogP contribution < -0.4 is 28.7 Å². The van der Waals surface area contributed by atoms with Crippen molar-refractivity contribution >= 4 is 83.8 Å². The molecule has 4 amide bonds. The maximum Gasteiger partial charge on any atom is 0.264 e. The van der Waals surface area contributed by atoms with Crippen molar-refractivity contribution in [2.75, 3.05) is 155 Å². The Balaban J connectivity index is 0.000000177. The van der Waals surface area contributed by atoms with Gasteiger partial charge in [-0.3, -0.25) is 43.5 Å². The van der Waals surface area contributed by atoms with Crippen LogP contribution in [0.1, 0.15) is 149 Å². The molecule has 4 bridgehead atoms. The number of methoxy groups -OCH3 is 2. The molecule has 21 nitrogen and oxygen atoms in total. The monoisotopic (exact) mass is 1610 g/mol. The first-order chi connectivity index (χ1) is 53.6. The number of hydrogen-bond donors (Lipinski definition) is 2. The third kappa shape index (κ3) is 16.2. The number of allylic oxidation sites excluding steroid dienone is 2. The van der Waals surface area contributed by atoms with Crippen molar-refractivity contribution in [3.63, 3.8) is 0 Å². The molecule has 6 fully saturated rings. The molecular formula is C87H118Cl2N10O11S2. The lowest BCUT2D eigenvalue weighted by Crippen LogP contribution is -2.65. The highest BCUT2D eigenvalue weighted by molar-refractivity contribution is 7.99. The molecule has 1 unspecified atom stereocenters. The van der Waals surface area contributed by atoms with E-state index in [1.54, 1.807) is 32.9 Å². The SMILES string of the molecule is C=S1(=O)NC(=O)c2ccc3c(c2)N(C[C@@H]2CC[C@H]2[C@@](CN2CCN4CCN(C(C)=O)C[C@H]4C2)(OC)/C=C/C[C@H](C)[C@H]1C)C[C@@]1(CCCc2cc(Cl)ccc21)CO3.CO[C@@]1(CN2CCN3CCN(C(C)=O)C[C@@H]3C2)/C=C/C[C@H](C)[C@@H](C)S(=O)(=O)NC(=O)c2ccc3c(c2)N(C[C@@H]2CC[C@H]21)C[C@@]1(CCCc2cc(Cl)ccc21)CO3. The Morgan fingerprint density at radius 3 is 1.42 bits per heavy atom. The minimum atomic E-state index is -3.99. The first-order valence-electron chi connectivity index (χ1n) is 41.3. The quantitative estimate of drug-likeness (QED) is 0.136. The molecule has 0 aromatic heterocycles. The van der Waals surface area contributed by atoms with Crippen LogP contribution in [-0.4, -0.2) is 251 Å². The molecule has 15 atom stereocenters. The fraction of sp³-hybridized carbons (Fsp3) is 0.621. The lowest BCUT2D eigenvalue weighted by atomic mass is 9.63. The summed E-state index contributed by atoms with van der Waals surface area (Å²) in [5.74, 6) is 5.66. The van der Waals surface area contributed by atoms with Gasteiger partial charge in [0.05, 0.1) is 39.5 Å². The molecule has 4 aromatic rings. The minimum Gasteiger partial charge on any atom is -0.490 e. The first kappa shape index (κ1) is 80.9. The molecule has 16 rings (SSSR count). The molecule has 4 aromatic carbocycles. The van der Waals surface area contributed by atoms with E-state index in [0.717, 1.165) is 196 Å². The lowest BCUT2D eigenvalue weighted by Gasteiger charge is -2.53. The van der Waals surface area contributed by atoms with E-state index in [1.165, 1.54) is 22.3 Å². The summed E-state index contributed by atoms with van der Waals surface area (Å²) in [4.78, 5) is 71.3. The van der Waals surface area contributed by atoms with Gasteiger partial charge in [-0.25, -0.2) is 17.3 Å². The smallest absolute Gasteiger partial charge is 0.264 e. The Morgan fingerprint density at radius 1 is 0.554 bits per heavy atom. The van der Waals surface area contributed by atoms with Crippen molar-refractivity contribution in [1.29, 1.82) is 0 Å². The maximum atomic E-state index is 14.1. The number of nitrogens with one attached hydrogen (secondary N) is 2. The van der Waals surface area contributed by atoms with Crippen molar-refractivity contribution in [3.8, 4) is 11.5 Å². The van der Waals surface area contributed by atoms with Gasteiger partial charge in [0.25, 0.3) is 11.8 Å². The average molecular weight is 1610 g/mol. The fourth-order valence-electron chi connectivity index (χ4n) is 21.3. The summed E-state index contributed by atoms with van der Waals surface area (Å²) in [6.45, 7) is 26.9. The van der Waals surface area contributed by atoms with E-state index < -0.39 is 42.1 Å². The molecule has 2 N–H and O–H groups in total. The van der Waals surface area contributed by atoms with Crippen molar-refractivity contribution in [2.24, 2.45) is 35.5 Å². The van der Waals surface area contributed by atoms with Gasteiger partial charge in [0.15, 0.2) is 0 Å². The molecule has 2 saturated carbocycles. The zero-order valence-electron chi connectivity index (χ0n) is 67.0. The number of ether oxygens (including phenoxy) is 4. The molecule has 8 aliphatic heterocycles. The molecule has 2 spiro atoms. The number of fused-ring (bicyclic) bond motifs is 10.